The van der Waals surface area contributed by atoms with Gasteiger partial charge in [0.15, 0.2) is 5.84 Å². The predicted octanol–water partition coefficient (Wildman–Crippen LogP) is 1.16. The first-order valence-corrected chi connectivity index (χ1v) is 6.32. The lowest BCUT2D eigenvalue weighted by Crippen LogP contribution is -2.33. The number of alkyl halides is 3. The van der Waals surface area contributed by atoms with Gasteiger partial charge >= 0.3 is 6.18 Å². The fourth-order valence-electron chi connectivity index (χ4n) is 2.03. The predicted molar refractivity (Wildman–Crippen MR) is 69.2 cm³/mol. The maximum absolute atomic E-state index is 12.8. The smallest absolute Gasteiger partial charge is 0.409 e. The maximum atomic E-state index is 12.8. The van der Waals surface area contributed by atoms with Crippen molar-refractivity contribution in [1.29, 1.82) is 0 Å². The van der Waals surface area contributed by atoms with E-state index in [2.05, 4.69) is 10.1 Å². The molecule has 0 unspecified atom stereocenters. The molecule has 0 bridgehead atoms. The van der Waals surface area contributed by atoms with Crippen molar-refractivity contribution in [1.82, 2.24) is 4.98 Å². The number of aromatic nitrogens is 1. The Labute approximate surface area is 118 Å². The molecule has 1 aromatic rings. The van der Waals surface area contributed by atoms with Crippen LogP contribution >= 0.6 is 0 Å². The Kier molecular flexibility index (Phi) is 4.21. The zero-order valence-corrected chi connectivity index (χ0v) is 11.0. The summed E-state index contributed by atoms with van der Waals surface area (Å²) in [6.45, 7) is -0.102. The molecule has 0 aromatic carbocycles. The van der Waals surface area contributed by atoms with E-state index >= 15 is 0 Å². The number of amidine groups is 1. The Hall–Kier alpha value is -2.03. The number of anilines is 1. The highest BCUT2D eigenvalue weighted by atomic mass is 19.4. The molecule has 6 nitrogen and oxygen atoms in total. The monoisotopic (exact) mass is 304 g/mol. The van der Waals surface area contributed by atoms with Gasteiger partial charge in [-0.05, 0) is 25.0 Å². The topological polar surface area (TPSA) is 95.0 Å². The van der Waals surface area contributed by atoms with Crippen LogP contribution in [0.15, 0.2) is 17.3 Å². The fraction of sp³-hybridized carbons (Fsp3) is 0.500. The van der Waals surface area contributed by atoms with Crippen molar-refractivity contribution in [3.63, 3.8) is 0 Å². The summed E-state index contributed by atoms with van der Waals surface area (Å²) in [5.41, 5.74) is 4.54. The van der Waals surface area contributed by atoms with Crippen LogP contribution in [0.3, 0.4) is 0 Å². The highest BCUT2D eigenvalue weighted by molar-refractivity contribution is 6.01. The summed E-state index contributed by atoms with van der Waals surface area (Å²) in [5, 5.41) is 20.7. The molecule has 0 saturated heterocycles. The minimum Gasteiger partial charge on any atom is -0.409 e. The molecular formula is C12H15F3N4O2. The van der Waals surface area contributed by atoms with Gasteiger partial charge in [-0.15, -0.1) is 0 Å². The minimum atomic E-state index is -4.59. The average molecular weight is 304 g/mol. The molecule has 0 radical (unpaired) electrons. The van der Waals surface area contributed by atoms with Crippen LogP contribution in [-0.2, 0) is 6.18 Å². The molecule has 0 spiro atoms. The second-order valence-corrected chi connectivity index (χ2v) is 4.70. The molecule has 1 saturated carbocycles. The number of aliphatic hydroxyl groups excluding tert-OH is 1. The van der Waals surface area contributed by atoms with E-state index in [9.17, 15) is 13.2 Å². The van der Waals surface area contributed by atoms with Crippen molar-refractivity contribution in [2.45, 2.75) is 25.1 Å². The van der Waals surface area contributed by atoms with Gasteiger partial charge in [0.1, 0.15) is 11.5 Å². The highest BCUT2D eigenvalue weighted by Crippen LogP contribution is 2.35. The van der Waals surface area contributed by atoms with Crippen molar-refractivity contribution in [2.24, 2.45) is 10.9 Å². The van der Waals surface area contributed by atoms with Crippen LogP contribution in [0.2, 0.25) is 0 Å². The lowest BCUT2D eigenvalue weighted by molar-refractivity contribution is -0.141. The number of oxime groups is 1. The van der Waals surface area contributed by atoms with E-state index in [0.717, 1.165) is 25.0 Å². The third-order valence-corrected chi connectivity index (χ3v) is 3.15. The van der Waals surface area contributed by atoms with Gasteiger partial charge in [0.05, 0.1) is 12.2 Å². The number of halogens is 3. The Bertz CT molecular complexity index is 544. The number of nitrogens with two attached hydrogens (primary N) is 1. The summed E-state index contributed by atoms with van der Waals surface area (Å²) < 4.78 is 38.4. The van der Waals surface area contributed by atoms with Crippen LogP contribution in [0, 0.1) is 0 Å². The lowest BCUT2D eigenvalue weighted by Gasteiger charge is -2.25. The van der Waals surface area contributed by atoms with Crippen molar-refractivity contribution in [2.75, 3.05) is 18.1 Å². The quantitative estimate of drug-likeness (QED) is 0.328. The average Bonchev–Trinajstić information content (AvgIpc) is 3.27. The molecule has 1 fully saturated rings. The van der Waals surface area contributed by atoms with E-state index in [0.29, 0.717) is 0 Å². The summed E-state index contributed by atoms with van der Waals surface area (Å²) in [4.78, 5) is 5.17. The normalized spacial score (nSPS) is 16.1. The molecule has 0 atom stereocenters. The van der Waals surface area contributed by atoms with Crippen LogP contribution in [0.25, 0.3) is 0 Å². The Balaban J connectivity index is 2.51. The molecule has 1 heterocycles. The summed E-state index contributed by atoms with van der Waals surface area (Å²) in [5.74, 6) is -0.355. The second kappa shape index (κ2) is 5.76. The molecule has 116 valence electrons. The van der Waals surface area contributed by atoms with Gasteiger partial charge in [0.2, 0.25) is 0 Å². The molecule has 9 heteroatoms. The summed E-state index contributed by atoms with van der Waals surface area (Å²) >= 11 is 0. The van der Waals surface area contributed by atoms with Crippen molar-refractivity contribution in [3.8, 4) is 0 Å². The highest BCUT2D eigenvalue weighted by Gasteiger charge is 2.36. The first-order chi connectivity index (χ1) is 9.88. The second-order valence-electron chi connectivity index (χ2n) is 4.70. The van der Waals surface area contributed by atoms with E-state index in [1.807, 2.05) is 0 Å². The number of pyridine rings is 1. The van der Waals surface area contributed by atoms with E-state index in [1.165, 1.54) is 0 Å². The molecule has 1 aliphatic rings. The van der Waals surface area contributed by atoms with Crippen LogP contribution in [0.4, 0.5) is 19.0 Å². The van der Waals surface area contributed by atoms with E-state index in [1.54, 1.807) is 4.90 Å². The zero-order chi connectivity index (χ0) is 15.6. The molecule has 0 aliphatic heterocycles. The van der Waals surface area contributed by atoms with Gasteiger partial charge < -0.3 is 20.9 Å². The molecular weight excluding hydrogens is 289 g/mol. The van der Waals surface area contributed by atoms with Crippen LogP contribution in [0.1, 0.15) is 24.1 Å². The standard InChI is InChI=1S/C12H15F3N4O2/c13-12(14,15)9-4-3-8(10(16)18-21)11(17-9)19(5-6-20)7-1-2-7/h3-4,7,20-21H,1-2,5-6H2,(H2,16,18). The molecule has 1 aromatic heterocycles. The van der Waals surface area contributed by atoms with Crippen molar-refractivity contribution in [3.05, 3.63) is 23.4 Å². The number of nitrogens with zero attached hydrogens (tertiary/aromatic N) is 3. The van der Waals surface area contributed by atoms with E-state index < -0.39 is 11.9 Å². The number of rotatable bonds is 5. The Morgan fingerprint density at radius 3 is 2.57 bits per heavy atom. The van der Waals surface area contributed by atoms with E-state index in [-0.39, 0.29) is 36.4 Å². The van der Waals surface area contributed by atoms with Crippen molar-refractivity contribution < 1.29 is 23.5 Å². The third-order valence-electron chi connectivity index (χ3n) is 3.15. The minimum absolute atomic E-state index is 0.0124. The van der Waals surface area contributed by atoms with Crippen LogP contribution in [0.5, 0.6) is 0 Å². The number of hydrogen-bond donors (Lipinski definition) is 3. The number of hydrogen-bond acceptors (Lipinski definition) is 5. The van der Waals surface area contributed by atoms with Crippen LogP contribution < -0.4 is 10.6 Å². The van der Waals surface area contributed by atoms with Gasteiger partial charge in [-0.1, -0.05) is 5.16 Å². The van der Waals surface area contributed by atoms with Gasteiger partial charge in [-0.3, -0.25) is 0 Å². The first kappa shape index (κ1) is 15.4. The third kappa shape index (κ3) is 3.35. The Morgan fingerprint density at radius 1 is 1.43 bits per heavy atom. The maximum Gasteiger partial charge on any atom is 0.433 e. The van der Waals surface area contributed by atoms with E-state index in [4.69, 9.17) is 16.0 Å². The van der Waals surface area contributed by atoms with Gasteiger partial charge in [-0.2, -0.15) is 13.2 Å². The SMILES string of the molecule is NC(=NO)c1ccc(C(F)(F)F)nc1N(CCO)C1CC1. The number of aliphatic hydroxyl groups is 1. The van der Waals surface area contributed by atoms with Gasteiger partial charge in [0, 0.05) is 12.6 Å². The summed E-state index contributed by atoms with van der Waals surface area (Å²) in [6.07, 6.45) is -2.99. The molecule has 1 aliphatic carbocycles. The summed E-state index contributed by atoms with van der Waals surface area (Å²) in [6, 6.07) is 1.91. The molecule has 21 heavy (non-hydrogen) atoms. The van der Waals surface area contributed by atoms with Crippen molar-refractivity contribution >= 4 is 11.7 Å². The Morgan fingerprint density at radius 2 is 2.10 bits per heavy atom. The zero-order valence-electron chi connectivity index (χ0n) is 11.0. The first-order valence-electron chi connectivity index (χ1n) is 6.32. The van der Waals surface area contributed by atoms with Gasteiger partial charge in [0.25, 0.3) is 0 Å². The molecule has 4 N–H and O–H groups in total. The molecule has 0 amide bonds. The fourth-order valence-corrected chi connectivity index (χ4v) is 2.03. The lowest BCUT2D eigenvalue weighted by atomic mass is 10.2. The summed E-state index contributed by atoms with van der Waals surface area (Å²) in [7, 11) is 0. The molecule has 2 rings (SSSR count). The van der Waals surface area contributed by atoms with Gasteiger partial charge in [-0.25, -0.2) is 4.98 Å². The van der Waals surface area contributed by atoms with Crippen LogP contribution in [-0.4, -0.2) is 40.3 Å². The largest absolute Gasteiger partial charge is 0.433 e.